The van der Waals surface area contributed by atoms with Crippen LogP contribution in [0.15, 0.2) is 34.7 Å². The first-order valence-electron chi connectivity index (χ1n) is 7.00. The highest BCUT2D eigenvalue weighted by atomic mass is 16.3. The van der Waals surface area contributed by atoms with Crippen molar-refractivity contribution in [2.24, 2.45) is 11.1 Å². The van der Waals surface area contributed by atoms with Crippen molar-refractivity contribution in [1.29, 1.82) is 0 Å². The van der Waals surface area contributed by atoms with Crippen molar-refractivity contribution in [3.63, 3.8) is 0 Å². The van der Waals surface area contributed by atoms with Gasteiger partial charge in [0.1, 0.15) is 11.3 Å². The van der Waals surface area contributed by atoms with Crippen LogP contribution in [0.5, 0.6) is 0 Å². The fourth-order valence-corrected chi connectivity index (χ4v) is 2.93. The predicted octanol–water partition coefficient (Wildman–Crippen LogP) is 3.16. The smallest absolute Gasteiger partial charge is 0.134 e. The molecule has 0 amide bonds. The summed E-state index contributed by atoms with van der Waals surface area (Å²) in [4.78, 5) is 2.44. The molecule has 0 bridgehead atoms. The van der Waals surface area contributed by atoms with Gasteiger partial charge >= 0.3 is 0 Å². The fourth-order valence-electron chi connectivity index (χ4n) is 2.93. The van der Waals surface area contributed by atoms with Gasteiger partial charge in [0.25, 0.3) is 0 Å². The van der Waals surface area contributed by atoms with Crippen LogP contribution in [-0.4, -0.2) is 24.5 Å². The van der Waals surface area contributed by atoms with Crippen LogP contribution in [0.25, 0.3) is 11.0 Å². The van der Waals surface area contributed by atoms with Gasteiger partial charge in [-0.05, 0) is 30.5 Å². The summed E-state index contributed by atoms with van der Waals surface area (Å²) in [5, 5.41) is 1.13. The topological polar surface area (TPSA) is 42.4 Å². The molecule has 1 aromatic carbocycles. The summed E-state index contributed by atoms with van der Waals surface area (Å²) in [5.74, 6) is 0.894. The molecule has 3 rings (SSSR count). The Kier molecular flexibility index (Phi) is 3.11. The van der Waals surface area contributed by atoms with Gasteiger partial charge in [-0.1, -0.05) is 32.0 Å². The van der Waals surface area contributed by atoms with Gasteiger partial charge < -0.3 is 15.1 Å². The lowest BCUT2D eigenvalue weighted by Gasteiger charge is -2.21. The minimum Gasteiger partial charge on any atom is -0.459 e. The maximum absolute atomic E-state index is 6.29. The van der Waals surface area contributed by atoms with E-state index in [1.165, 1.54) is 6.42 Å². The number of likely N-dealkylation sites (tertiary alicyclic amines) is 1. The molecular weight excluding hydrogens is 236 g/mol. The van der Waals surface area contributed by atoms with E-state index in [0.717, 1.165) is 36.4 Å². The molecule has 2 aromatic rings. The first kappa shape index (κ1) is 12.7. The number of nitrogens with zero attached hydrogens (tertiary/aromatic N) is 1. The monoisotopic (exact) mass is 258 g/mol. The molecule has 2 heterocycles. The largest absolute Gasteiger partial charge is 0.459 e. The Morgan fingerprint density at radius 3 is 2.84 bits per heavy atom. The maximum atomic E-state index is 6.29. The average Bonchev–Trinajstić information content (AvgIpc) is 2.92. The molecule has 1 saturated heterocycles. The van der Waals surface area contributed by atoms with E-state index in [2.05, 4.69) is 30.9 Å². The summed E-state index contributed by atoms with van der Waals surface area (Å²) in [6.45, 7) is 7.78. The Labute approximate surface area is 114 Å². The van der Waals surface area contributed by atoms with E-state index >= 15 is 0 Å². The van der Waals surface area contributed by atoms with Gasteiger partial charge in [-0.25, -0.2) is 0 Å². The van der Waals surface area contributed by atoms with E-state index in [4.69, 9.17) is 10.2 Å². The van der Waals surface area contributed by atoms with Crippen LogP contribution in [0, 0.1) is 5.41 Å². The molecule has 1 aliphatic heterocycles. The first-order valence-corrected chi connectivity index (χ1v) is 7.00. The third-order valence-electron chi connectivity index (χ3n) is 4.02. The van der Waals surface area contributed by atoms with Crippen molar-refractivity contribution in [2.75, 3.05) is 19.6 Å². The molecule has 1 atom stereocenters. The number of rotatable bonds is 3. The molecule has 3 nitrogen and oxygen atoms in total. The Hall–Kier alpha value is -1.32. The molecule has 3 heteroatoms. The summed E-state index contributed by atoms with van der Waals surface area (Å²) in [7, 11) is 0. The number of nitrogens with two attached hydrogens (primary N) is 1. The lowest BCUT2D eigenvalue weighted by molar-refractivity contribution is 0.266. The molecule has 2 N–H and O–H groups in total. The van der Waals surface area contributed by atoms with Crippen molar-refractivity contribution in [1.82, 2.24) is 4.90 Å². The summed E-state index contributed by atoms with van der Waals surface area (Å²) in [6, 6.07) is 10.1. The minimum absolute atomic E-state index is 0.0405. The van der Waals surface area contributed by atoms with Gasteiger partial charge in [0.2, 0.25) is 0 Å². The van der Waals surface area contributed by atoms with Crippen LogP contribution < -0.4 is 5.73 Å². The quantitative estimate of drug-likeness (QED) is 0.919. The van der Waals surface area contributed by atoms with E-state index in [0.29, 0.717) is 5.41 Å². The van der Waals surface area contributed by atoms with Crippen LogP contribution in [0.1, 0.15) is 32.1 Å². The molecule has 102 valence electrons. The zero-order valence-electron chi connectivity index (χ0n) is 11.7. The molecule has 0 aliphatic carbocycles. The van der Waals surface area contributed by atoms with Crippen LogP contribution in [-0.2, 0) is 0 Å². The third kappa shape index (κ3) is 2.67. The fraction of sp³-hybridized carbons (Fsp3) is 0.500. The third-order valence-corrected chi connectivity index (χ3v) is 4.02. The lowest BCUT2D eigenvalue weighted by atomic mass is 9.93. The Morgan fingerprint density at radius 2 is 2.16 bits per heavy atom. The normalized spacial score (nSPS) is 21.0. The second kappa shape index (κ2) is 4.66. The van der Waals surface area contributed by atoms with Gasteiger partial charge in [-0.3, -0.25) is 0 Å². The minimum atomic E-state index is -0.0405. The van der Waals surface area contributed by atoms with Gasteiger partial charge in [-0.2, -0.15) is 0 Å². The highest BCUT2D eigenvalue weighted by molar-refractivity contribution is 5.77. The SMILES string of the molecule is CC1(C)CCN(CC(N)c2cc3ccccc3o2)C1. The van der Waals surface area contributed by atoms with Crippen molar-refractivity contribution in [3.05, 3.63) is 36.1 Å². The highest BCUT2D eigenvalue weighted by Gasteiger charge is 2.30. The maximum Gasteiger partial charge on any atom is 0.134 e. The van der Waals surface area contributed by atoms with Gasteiger partial charge in [0.05, 0.1) is 6.04 Å². The summed E-state index contributed by atoms with van der Waals surface area (Å²) in [5.41, 5.74) is 7.64. The predicted molar refractivity (Wildman–Crippen MR) is 78.0 cm³/mol. The molecular formula is C16H22N2O. The van der Waals surface area contributed by atoms with Crippen LogP contribution in [0.2, 0.25) is 0 Å². The van der Waals surface area contributed by atoms with E-state index < -0.39 is 0 Å². The summed E-state index contributed by atoms with van der Waals surface area (Å²) in [6.07, 6.45) is 1.25. The van der Waals surface area contributed by atoms with Crippen molar-refractivity contribution >= 4 is 11.0 Å². The second-order valence-corrected chi connectivity index (χ2v) is 6.44. The van der Waals surface area contributed by atoms with Gasteiger partial charge in [0.15, 0.2) is 0 Å². The summed E-state index contributed by atoms with van der Waals surface area (Å²) < 4.78 is 5.84. The number of hydrogen-bond acceptors (Lipinski definition) is 3. The zero-order chi connectivity index (χ0) is 13.5. The number of para-hydroxylation sites is 1. The van der Waals surface area contributed by atoms with Crippen molar-refractivity contribution in [3.8, 4) is 0 Å². The highest BCUT2D eigenvalue weighted by Crippen LogP contribution is 2.30. The Balaban J connectivity index is 1.72. The molecule has 0 spiro atoms. The Bertz CT molecular complexity index is 540. The van der Waals surface area contributed by atoms with Crippen LogP contribution in [0.3, 0.4) is 0 Å². The van der Waals surface area contributed by atoms with Crippen molar-refractivity contribution in [2.45, 2.75) is 26.3 Å². The van der Waals surface area contributed by atoms with E-state index in [1.54, 1.807) is 0 Å². The van der Waals surface area contributed by atoms with E-state index in [-0.39, 0.29) is 6.04 Å². The number of benzene rings is 1. The molecule has 0 radical (unpaired) electrons. The first-order chi connectivity index (χ1) is 9.03. The van der Waals surface area contributed by atoms with E-state index in [9.17, 15) is 0 Å². The molecule has 1 unspecified atom stereocenters. The van der Waals surface area contributed by atoms with E-state index in [1.807, 2.05) is 18.2 Å². The zero-order valence-corrected chi connectivity index (χ0v) is 11.7. The molecule has 19 heavy (non-hydrogen) atoms. The van der Waals surface area contributed by atoms with Gasteiger partial charge in [0, 0.05) is 18.5 Å². The summed E-state index contributed by atoms with van der Waals surface area (Å²) >= 11 is 0. The Morgan fingerprint density at radius 1 is 1.37 bits per heavy atom. The standard InChI is InChI=1S/C16H22N2O/c1-16(2)7-8-18(11-16)10-13(17)15-9-12-5-3-4-6-14(12)19-15/h3-6,9,13H,7-8,10-11,17H2,1-2H3. The molecule has 1 aliphatic rings. The molecule has 1 fully saturated rings. The number of fused-ring (bicyclic) bond motifs is 1. The lowest BCUT2D eigenvalue weighted by Crippen LogP contribution is -2.31. The van der Waals surface area contributed by atoms with Crippen LogP contribution >= 0.6 is 0 Å². The number of furan rings is 1. The molecule has 1 aromatic heterocycles. The van der Waals surface area contributed by atoms with Crippen molar-refractivity contribution < 1.29 is 4.42 Å². The average molecular weight is 258 g/mol. The van der Waals surface area contributed by atoms with Crippen LogP contribution in [0.4, 0.5) is 0 Å². The van der Waals surface area contributed by atoms with Gasteiger partial charge in [-0.15, -0.1) is 0 Å². The molecule has 0 saturated carbocycles. The number of hydrogen-bond donors (Lipinski definition) is 1. The second-order valence-electron chi connectivity index (χ2n) is 6.44.